The number of halogens is 1. The molecule has 0 aliphatic rings. The van der Waals surface area contributed by atoms with Crippen molar-refractivity contribution in [3.8, 4) is 11.3 Å². The number of hydrogen-bond donors (Lipinski definition) is 1. The predicted octanol–water partition coefficient (Wildman–Crippen LogP) is 2.60. The molecule has 0 aliphatic carbocycles. The molecule has 0 saturated heterocycles. The number of aryl methyl sites for hydroxylation is 1. The van der Waals surface area contributed by atoms with E-state index in [1.807, 2.05) is 0 Å². The Bertz CT molecular complexity index is 630. The molecule has 1 heterocycles. The van der Waals surface area contributed by atoms with Crippen LogP contribution in [0.25, 0.3) is 11.3 Å². The van der Waals surface area contributed by atoms with E-state index < -0.39 is 4.92 Å². The van der Waals surface area contributed by atoms with Gasteiger partial charge in [0.2, 0.25) is 5.95 Å². The highest BCUT2D eigenvalue weighted by Crippen LogP contribution is 2.34. The lowest BCUT2D eigenvalue weighted by atomic mass is 10.1. The minimum Gasteiger partial charge on any atom is -0.368 e. The minimum atomic E-state index is -0.534. The van der Waals surface area contributed by atoms with Gasteiger partial charge in [-0.15, -0.1) is 0 Å². The van der Waals surface area contributed by atoms with Crippen LogP contribution in [0.5, 0.6) is 0 Å². The molecule has 1 aromatic heterocycles. The number of nitrogen functional groups attached to an aromatic ring is 1. The van der Waals surface area contributed by atoms with Crippen LogP contribution >= 0.6 is 11.6 Å². The molecule has 0 radical (unpaired) electrons. The van der Waals surface area contributed by atoms with Gasteiger partial charge in [-0.3, -0.25) is 10.1 Å². The van der Waals surface area contributed by atoms with Crippen molar-refractivity contribution in [1.82, 2.24) is 9.97 Å². The highest BCUT2D eigenvalue weighted by molar-refractivity contribution is 6.33. The molecule has 0 bridgehead atoms. The van der Waals surface area contributed by atoms with Crippen LogP contribution in [0.3, 0.4) is 0 Å². The smallest absolute Gasteiger partial charge is 0.316 e. The molecule has 0 atom stereocenters. The summed E-state index contributed by atoms with van der Waals surface area (Å²) in [5.41, 5.74) is 6.15. The highest BCUT2D eigenvalue weighted by atomic mass is 35.5. The molecule has 92 valence electrons. The summed E-state index contributed by atoms with van der Waals surface area (Å²) in [4.78, 5) is 18.3. The maximum atomic E-state index is 11.1. The zero-order valence-corrected chi connectivity index (χ0v) is 10.2. The van der Waals surface area contributed by atoms with Gasteiger partial charge in [0.25, 0.3) is 0 Å². The van der Waals surface area contributed by atoms with Crippen molar-refractivity contribution < 1.29 is 4.92 Å². The van der Waals surface area contributed by atoms with Gasteiger partial charge in [0.1, 0.15) is 5.69 Å². The van der Waals surface area contributed by atoms with E-state index in [-0.39, 0.29) is 23.0 Å². The van der Waals surface area contributed by atoms with Gasteiger partial charge < -0.3 is 5.73 Å². The maximum absolute atomic E-state index is 11.1. The summed E-state index contributed by atoms with van der Waals surface area (Å²) >= 11 is 6.02. The van der Waals surface area contributed by atoms with Crippen LogP contribution in [0, 0.1) is 17.0 Å². The molecule has 2 aromatic rings. The Labute approximate surface area is 108 Å². The minimum absolute atomic E-state index is 0.0204. The number of rotatable bonds is 2. The summed E-state index contributed by atoms with van der Waals surface area (Å²) in [6.45, 7) is 1.51. The molecule has 7 heteroatoms. The molecule has 0 unspecified atom stereocenters. The quantitative estimate of drug-likeness (QED) is 0.664. The van der Waals surface area contributed by atoms with Crippen LogP contribution in [0.2, 0.25) is 5.02 Å². The van der Waals surface area contributed by atoms with Crippen LogP contribution in [0.1, 0.15) is 5.69 Å². The van der Waals surface area contributed by atoms with Gasteiger partial charge >= 0.3 is 5.69 Å². The van der Waals surface area contributed by atoms with E-state index in [1.165, 1.54) is 6.92 Å². The summed E-state index contributed by atoms with van der Waals surface area (Å²) in [6.07, 6.45) is 0. The van der Waals surface area contributed by atoms with E-state index in [4.69, 9.17) is 17.3 Å². The van der Waals surface area contributed by atoms with Crippen molar-refractivity contribution in [1.29, 1.82) is 0 Å². The highest BCUT2D eigenvalue weighted by Gasteiger charge is 2.23. The molecule has 0 amide bonds. The third kappa shape index (κ3) is 2.10. The molecule has 2 rings (SSSR count). The second-order valence-electron chi connectivity index (χ2n) is 3.60. The molecule has 1 aromatic carbocycles. The lowest BCUT2D eigenvalue weighted by Crippen LogP contribution is -2.04. The lowest BCUT2D eigenvalue weighted by Gasteiger charge is -2.06. The second-order valence-corrected chi connectivity index (χ2v) is 4.01. The van der Waals surface area contributed by atoms with Crippen molar-refractivity contribution in [3.63, 3.8) is 0 Å². The van der Waals surface area contributed by atoms with E-state index >= 15 is 0 Å². The fourth-order valence-corrected chi connectivity index (χ4v) is 1.87. The number of nitrogens with zero attached hydrogens (tertiary/aromatic N) is 3. The average molecular weight is 265 g/mol. The van der Waals surface area contributed by atoms with E-state index in [0.29, 0.717) is 10.6 Å². The molecule has 0 aliphatic heterocycles. The number of nitrogens with two attached hydrogens (primary N) is 1. The zero-order valence-electron chi connectivity index (χ0n) is 9.42. The van der Waals surface area contributed by atoms with Gasteiger partial charge in [-0.1, -0.05) is 29.8 Å². The van der Waals surface area contributed by atoms with Gasteiger partial charge in [-0.2, -0.15) is 0 Å². The Hall–Kier alpha value is -2.21. The first-order valence-corrected chi connectivity index (χ1v) is 5.42. The summed E-state index contributed by atoms with van der Waals surface area (Å²) in [5.74, 6) is -0.0204. The van der Waals surface area contributed by atoms with E-state index in [2.05, 4.69) is 9.97 Å². The molecule has 0 spiro atoms. The Morgan fingerprint density at radius 2 is 2.00 bits per heavy atom. The standard InChI is InChI=1S/C11H9ClN4O2/c1-6-10(16(17)18)9(15-11(13)14-6)7-4-2-3-5-8(7)12/h2-5H,1H3,(H2,13,14,15). The number of benzene rings is 1. The van der Waals surface area contributed by atoms with Crippen LogP contribution in [-0.2, 0) is 0 Å². The monoisotopic (exact) mass is 264 g/mol. The number of nitro groups is 1. The van der Waals surface area contributed by atoms with Crippen molar-refractivity contribution >= 4 is 23.2 Å². The van der Waals surface area contributed by atoms with Crippen molar-refractivity contribution in [2.45, 2.75) is 6.92 Å². The van der Waals surface area contributed by atoms with Gasteiger partial charge in [0.05, 0.1) is 9.95 Å². The van der Waals surface area contributed by atoms with Crippen LogP contribution in [-0.4, -0.2) is 14.9 Å². The Morgan fingerprint density at radius 3 is 2.61 bits per heavy atom. The van der Waals surface area contributed by atoms with Crippen LogP contribution < -0.4 is 5.73 Å². The van der Waals surface area contributed by atoms with E-state index in [9.17, 15) is 10.1 Å². The number of aromatic nitrogens is 2. The molecule has 2 N–H and O–H groups in total. The Kier molecular flexibility index (Phi) is 3.12. The third-order valence-electron chi connectivity index (χ3n) is 2.39. The molecular formula is C11H9ClN4O2. The predicted molar refractivity (Wildman–Crippen MR) is 68.3 cm³/mol. The summed E-state index contributed by atoms with van der Waals surface area (Å²) in [5, 5.41) is 11.5. The van der Waals surface area contributed by atoms with Crippen molar-refractivity contribution in [2.24, 2.45) is 0 Å². The van der Waals surface area contributed by atoms with Crippen molar-refractivity contribution in [3.05, 3.63) is 45.1 Å². The first-order chi connectivity index (χ1) is 8.50. The fourth-order valence-electron chi connectivity index (χ4n) is 1.65. The first-order valence-electron chi connectivity index (χ1n) is 5.04. The molecular weight excluding hydrogens is 256 g/mol. The molecule has 6 nitrogen and oxygen atoms in total. The summed E-state index contributed by atoms with van der Waals surface area (Å²) in [7, 11) is 0. The summed E-state index contributed by atoms with van der Waals surface area (Å²) in [6, 6.07) is 6.73. The van der Waals surface area contributed by atoms with Gasteiger partial charge in [-0.25, -0.2) is 9.97 Å². The fraction of sp³-hybridized carbons (Fsp3) is 0.0909. The second kappa shape index (κ2) is 4.58. The van der Waals surface area contributed by atoms with Gasteiger partial charge in [0, 0.05) is 5.56 Å². The molecule has 0 fully saturated rings. The van der Waals surface area contributed by atoms with E-state index in [0.717, 1.165) is 0 Å². The molecule has 18 heavy (non-hydrogen) atoms. The first kappa shape index (κ1) is 12.3. The topological polar surface area (TPSA) is 94.9 Å². The Balaban J connectivity index is 2.78. The normalized spacial score (nSPS) is 10.3. The van der Waals surface area contributed by atoms with Crippen LogP contribution in [0.4, 0.5) is 11.6 Å². The van der Waals surface area contributed by atoms with Crippen LogP contribution in [0.15, 0.2) is 24.3 Å². The molecule has 0 saturated carbocycles. The number of anilines is 1. The zero-order chi connectivity index (χ0) is 13.3. The SMILES string of the molecule is Cc1nc(N)nc(-c2ccccc2Cl)c1[N+](=O)[O-]. The van der Waals surface area contributed by atoms with Gasteiger partial charge in [-0.05, 0) is 13.0 Å². The third-order valence-corrected chi connectivity index (χ3v) is 2.72. The average Bonchev–Trinajstić information content (AvgIpc) is 2.27. The number of hydrogen-bond acceptors (Lipinski definition) is 5. The summed E-state index contributed by atoms with van der Waals surface area (Å²) < 4.78 is 0. The Morgan fingerprint density at radius 1 is 1.33 bits per heavy atom. The maximum Gasteiger partial charge on any atom is 0.316 e. The largest absolute Gasteiger partial charge is 0.368 e. The van der Waals surface area contributed by atoms with E-state index in [1.54, 1.807) is 24.3 Å². The van der Waals surface area contributed by atoms with Gasteiger partial charge in [0.15, 0.2) is 5.69 Å². The lowest BCUT2D eigenvalue weighted by molar-refractivity contribution is -0.385. The van der Waals surface area contributed by atoms with Crippen molar-refractivity contribution in [2.75, 3.05) is 5.73 Å².